The second kappa shape index (κ2) is 6.81. The predicted molar refractivity (Wildman–Crippen MR) is 92.5 cm³/mol. The maximum absolute atomic E-state index is 12.8. The summed E-state index contributed by atoms with van der Waals surface area (Å²) in [4.78, 5) is 37.8. The summed E-state index contributed by atoms with van der Waals surface area (Å²) in [5.74, 6) is -1.03. The van der Waals surface area contributed by atoms with E-state index in [-0.39, 0.29) is 6.61 Å². The van der Waals surface area contributed by atoms with Gasteiger partial charge in [-0.1, -0.05) is 18.2 Å². The molecule has 2 aliphatic heterocycles. The Labute approximate surface area is 154 Å². The highest BCUT2D eigenvalue weighted by atomic mass is 32.2. The fourth-order valence-electron chi connectivity index (χ4n) is 3.27. The molecular weight excluding hydrogens is 360 g/mol. The van der Waals surface area contributed by atoms with Crippen molar-refractivity contribution in [2.45, 2.75) is 36.1 Å². The lowest BCUT2D eigenvalue weighted by atomic mass is 9.96. The topological polar surface area (TPSA) is 108 Å². The van der Waals surface area contributed by atoms with Crippen LogP contribution in [0.4, 0.5) is 0 Å². The molecule has 0 aliphatic carbocycles. The van der Waals surface area contributed by atoms with E-state index in [1.165, 1.54) is 12.0 Å². The first-order valence-corrected chi connectivity index (χ1v) is 9.28. The molecule has 9 heteroatoms. The number of para-hydroxylation sites is 1. The van der Waals surface area contributed by atoms with Gasteiger partial charge in [0.15, 0.2) is 23.4 Å². The van der Waals surface area contributed by atoms with Gasteiger partial charge in [0.05, 0.1) is 7.11 Å². The van der Waals surface area contributed by atoms with Crippen molar-refractivity contribution in [2.75, 3.05) is 13.7 Å². The zero-order valence-electron chi connectivity index (χ0n) is 14.6. The molecule has 2 aliphatic rings. The van der Waals surface area contributed by atoms with E-state index < -0.39 is 51.2 Å². The standard InChI is InChI=1S/C17H20N2O6S/c1-17(2)13(16(22)24-3)19-14(21)12(15(19)26(17)23)18-11(20)9-25-10-7-5-4-6-8-10/h4-8,12-13,15H,9H2,1-3H3,(H,18,20)/t12?,13?,15-,26?/m1/s1. The Hall–Kier alpha value is -2.26. The number of hydrogen-bond donors (Lipinski definition) is 1. The summed E-state index contributed by atoms with van der Waals surface area (Å²) in [6.07, 6.45) is 0. The summed E-state index contributed by atoms with van der Waals surface area (Å²) in [6.45, 7) is 3.03. The van der Waals surface area contributed by atoms with Gasteiger partial charge in [-0.05, 0) is 37.2 Å². The minimum atomic E-state index is -1.53. The van der Waals surface area contributed by atoms with E-state index >= 15 is 0 Å². The summed E-state index contributed by atoms with van der Waals surface area (Å²) in [5, 5.41) is 1.81. The van der Waals surface area contributed by atoms with Crippen LogP contribution in [0.1, 0.15) is 13.8 Å². The van der Waals surface area contributed by atoms with Gasteiger partial charge in [-0.25, -0.2) is 4.79 Å². The highest BCUT2D eigenvalue weighted by molar-refractivity contribution is 7.94. The number of esters is 1. The maximum atomic E-state index is 12.8. The lowest BCUT2D eigenvalue weighted by Crippen LogP contribution is -2.72. The van der Waals surface area contributed by atoms with Gasteiger partial charge in [0.2, 0.25) is 5.37 Å². The van der Waals surface area contributed by atoms with Gasteiger partial charge in [0, 0.05) is 0 Å². The van der Waals surface area contributed by atoms with Crippen LogP contribution in [0.2, 0.25) is 0 Å². The molecule has 3 unspecified atom stereocenters. The number of hydrogen-bond acceptors (Lipinski definition) is 6. The third-order valence-corrected chi connectivity index (χ3v) is 6.81. The lowest BCUT2D eigenvalue weighted by Gasteiger charge is -2.41. The van der Waals surface area contributed by atoms with Gasteiger partial charge in [-0.2, -0.15) is 0 Å². The van der Waals surface area contributed by atoms with E-state index in [9.17, 15) is 18.9 Å². The molecule has 4 atom stereocenters. The molecule has 2 fully saturated rings. The van der Waals surface area contributed by atoms with Crippen molar-refractivity contribution < 1.29 is 28.4 Å². The molecule has 1 N–H and O–H groups in total. The van der Waals surface area contributed by atoms with Crippen LogP contribution >= 0.6 is 0 Å². The lowest BCUT2D eigenvalue weighted by molar-refractivity contribution is -0.162. The molecule has 1 aromatic rings. The number of carbonyl (C=O) groups excluding carboxylic acids is 3. The number of carbonyl (C=O) groups is 3. The van der Waals surface area contributed by atoms with E-state index in [2.05, 4.69) is 5.32 Å². The minimum absolute atomic E-state index is 0.267. The van der Waals surface area contributed by atoms with Gasteiger partial charge in [-0.3, -0.25) is 14.5 Å². The highest BCUT2D eigenvalue weighted by Crippen LogP contribution is 2.46. The van der Waals surface area contributed by atoms with Gasteiger partial charge in [0.25, 0.3) is 11.8 Å². The van der Waals surface area contributed by atoms with Crippen molar-refractivity contribution in [1.82, 2.24) is 10.2 Å². The number of ether oxygens (including phenoxy) is 2. The first-order valence-electron chi connectivity index (χ1n) is 8.07. The van der Waals surface area contributed by atoms with Crippen molar-refractivity contribution in [3.05, 3.63) is 30.3 Å². The molecule has 0 aromatic heterocycles. The van der Waals surface area contributed by atoms with Crippen molar-refractivity contribution in [3.63, 3.8) is 0 Å². The number of fused-ring (bicyclic) bond motifs is 1. The largest absolute Gasteiger partial charge is 0.614 e. The SMILES string of the molecule is COC(=O)C1N2C(=O)C(NC(=O)COc3ccccc3)[C@H]2[S+]([O-])C1(C)C. The van der Waals surface area contributed by atoms with Crippen LogP contribution < -0.4 is 10.1 Å². The van der Waals surface area contributed by atoms with Gasteiger partial charge >= 0.3 is 5.97 Å². The summed E-state index contributed by atoms with van der Waals surface area (Å²) < 4.78 is 21.9. The molecule has 0 spiro atoms. The van der Waals surface area contributed by atoms with Crippen LogP contribution in [0, 0.1) is 0 Å². The molecule has 8 nitrogen and oxygen atoms in total. The Bertz CT molecular complexity index is 725. The average molecular weight is 380 g/mol. The molecule has 1 aromatic carbocycles. The number of methoxy groups -OCH3 is 1. The molecule has 0 radical (unpaired) electrons. The zero-order valence-corrected chi connectivity index (χ0v) is 15.4. The van der Waals surface area contributed by atoms with Crippen molar-refractivity contribution in [3.8, 4) is 5.75 Å². The third-order valence-electron chi connectivity index (χ3n) is 4.61. The average Bonchev–Trinajstić information content (AvgIpc) is 2.82. The molecule has 0 saturated carbocycles. The molecule has 2 heterocycles. The van der Waals surface area contributed by atoms with Crippen LogP contribution in [0.25, 0.3) is 0 Å². The van der Waals surface area contributed by atoms with Gasteiger partial charge in [-0.15, -0.1) is 0 Å². The fraction of sp³-hybridized carbons (Fsp3) is 0.471. The van der Waals surface area contributed by atoms with Crippen LogP contribution in [-0.4, -0.2) is 63.2 Å². The van der Waals surface area contributed by atoms with Crippen LogP contribution in [0.5, 0.6) is 5.75 Å². The second-order valence-corrected chi connectivity index (χ2v) is 8.74. The number of β-lactam (4-membered cyclic amide) rings is 1. The van der Waals surface area contributed by atoms with E-state index in [1.54, 1.807) is 38.1 Å². The van der Waals surface area contributed by atoms with Crippen LogP contribution in [0.15, 0.2) is 30.3 Å². The van der Waals surface area contributed by atoms with E-state index in [0.717, 1.165) is 0 Å². The van der Waals surface area contributed by atoms with E-state index in [4.69, 9.17) is 9.47 Å². The number of nitrogens with zero attached hydrogens (tertiary/aromatic N) is 1. The fourth-order valence-corrected chi connectivity index (χ4v) is 5.18. The predicted octanol–water partition coefficient (Wildman–Crippen LogP) is -0.199. The monoisotopic (exact) mass is 380 g/mol. The number of amides is 2. The quantitative estimate of drug-likeness (QED) is 0.431. The summed E-state index contributed by atoms with van der Waals surface area (Å²) >= 11 is -1.53. The Morgan fingerprint density at radius 1 is 1.31 bits per heavy atom. The van der Waals surface area contributed by atoms with Gasteiger partial charge < -0.3 is 19.3 Å². The normalized spacial score (nSPS) is 28.8. The Morgan fingerprint density at radius 3 is 2.58 bits per heavy atom. The second-order valence-electron chi connectivity index (χ2n) is 6.61. The molecule has 3 rings (SSSR count). The first-order chi connectivity index (χ1) is 12.3. The molecule has 2 amide bonds. The first kappa shape index (κ1) is 18.5. The zero-order chi connectivity index (χ0) is 19.1. The summed E-state index contributed by atoms with van der Waals surface area (Å²) in [5.41, 5.74) is 0. The number of nitrogens with one attached hydrogen (secondary N) is 1. The summed E-state index contributed by atoms with van der Waals surface area (Å²) in [7, 11) is 1.22. The maximum Gasteiger partial charge on any atom is 0.334 e. The van der Waals surface area contributed by atoms with Crippen molar-refractivity contribution >= 4 is 29.0 Å². The molecule has 2 saturated heterocycles. The van der Waals surface area contributed by atoms with Crippen LogP contribution in [0.3, 0.4) is 0 Å². The molecule has 0 bridgehead atoms. The Kier molecular flexibility index (Phi) is 4.85. The molecule has 140 valence electrons. The highest BCUT2D eigenvalue weighted by Gasteiger charge is 2.73. The van der Waals surface area contributed by atoms with Crippen molar-refractivity contribution in [1.29, 1.82) is 0 Å². The molecule has 26 heavy (non-hydrogen) atoms. The number of benzene rings is 1. The third kappa shape index (κ3) is 2.90. The van der Waals surface area contributed by atoms with Crippen LogP contribution in [-0.2, 0) is 30.3 Å². The van der Waals surface area contributed by atoms with Crippen molar-refractivity contribution in [2.24, 2.45) is 0 Å². The van der Waals surface area contributed by atoms with Gasteiger partial charge in [0.1, 0.15) is 5.75 Å². The smallest absolute Gasteiger partial charge is 0.334 e. The van der Waals surface area contributed by atoms with E-state index in [1.807, 2.05) is 6.07 Å². The van der Waals surface area contributed by atoms with E-state index in [0.29, 0.717) is 5.75 Å². The summed E-state index contributed by atoms with van der Waals surface area (Å²) in [6, 6.07) is 6.92. The minimum Gasteiger partial charge on any atom is -0.614 e. The number of rotatable bonds is 5. The Balaban J connectivity index is 1.65. The Morgan fingerprint density at radius 2 is 1.96 bits per heavy atom. The molecular formula is C17H20N2O6S.